The number of fused-ring (bicyclic) bond motifs is 7. The van der Waals surface area contributed by atoms with Crippen LogP contribution in [0.5, 0.6) is 0 Å². The van der Waals surface area contributed by atoms with Crippen molar-refractivity contribution >= 4 is 23.8 Å². The summed E-state index contributed by atoms with van der Waals surface area (Å²) < 4.78 is 11.2. The second-order valence-corrected chi connectivity index (χ2v) is 18.3. The quantitative estimate of drug-likeness (QED) is 0.224. The molecule has 4 saturated carbocycles. The van der Waals surface area contributed by atoms with Crippen molar-refractivity contribution in [3.05, 3.63) is 11.1 Å². The Kier molecular flexibility index (Phi) is 8.84. The molecule has 47 heavy (non-hydrogen) atoms. The molecule has 0 aromatic carbocycles. The molecule has 0 bridgehead atoms. The van der Waals surface area contributed by atoms with Gasteiger partial charge in [-0.1, -0.05) is 48.5 Å². The number of Topliss-reactive ketones (excluding diaryl/α,β-unsaturated/α-hetero) is 1. The number of amides is 2. The van der Waals surface area contributed by atoms with Crippen LogP contribution in [0.4, 0.5) is 4.79 Å². The van der Waals surface area contributed by atoms with Crippen LogP contribution in [0.2, 0.25) is 0 Å². The standard InChI is InChI=1S/C38H60N2O7/c1-21(2)28-24(42)20-38(30(43)31(44)39-40-32(45)47-33(4,5)6)19-18-36(10)23(29(28)38)12-13-26-35(9)16-15-27(46-22(3)41)34(7,8)25(35)14-17-37(26,36)11/h21,23,25-27,30,43H,12-20H2,1-11H3,(H,39,44)(H,40,45)/t23-,25+,26-,27+,30?,35+,36-,37-,38-/m1/s1. The van der Waals surface area contributed by atoms with E-state index < -0.39 is 29.1 Å². The average Bonchev–Trinajstić information content (AvgIpc) is 3.25. The van der Waals surface area contributed by atoms with Gasteiger partial charge < -0.3 is 14.6 Å². The summed E-state index contributed by atoms with van der Waals surface area (Å²) in [5, 5.41) is 11.9. The molecule has 9 nitrogen and oxygen atoms in total. The molecule has 264 valence electrons. The van der Waals surface area contributed by atoms with Crippen molar-refractivity contribution in [3.8, 4) is 0 Å². The van der Waals surface area contributed by atoms with Gasteiger partial charge in [0.2, 0.25) is 0 Å². The van der Waals surface area contributed by atoms with Crippen molar-refractivity contribution in [3.63, 3.8) is 0 Å². The number of aliphatic hydroxyl groups is 1. The van der Waals surface area contributed by atoms with E-state index in [9.17, 15) is 24.3 Å². The second kappa shape index (κ2) is 11.6. The van der Waals surface area contributed by atoms with E-state index in [0.717, 1.165) is 56.1 Å². The van der Waals surface area contributed by atoms with Gasteiger partial charge in [0.25, 0.3) is 5.91 Å². The zero-order chi connectivity index (χ0) is 35.1. The fourth-order valence-electron chi connectivity index (χ4n) is 12.1. The first-order valence-corrected chi connectivity index (χ1v) is 18.0. The molecule has 4 fully saturated rings. The van der Waals surface area contributed by atoms with Crippen LogP contribution >= 0.6 is 0 Å². The number of esters is 1. The smallest absolute Gasteiger partial charge is 0.426 e. The second-order valence-electron chi connectivity index (χ2n) is 18.3. The number of carbonyl (C=O) groups excluding carboxylic acids is 4. The van der Waals surface area contributed by atoms with Crippen LogP contribution in [0.25, 0.3) is 0 Å². The van der Waals surface area contributed by atoms with Gasteiger partial charge in [0.1, 0.15) is 17.8 Å². The summed E-state index contributed by atoms with van der Waals surface area (Å²) in [5.74, 6) is 0.0141. The molecule has 0 aromatic heterocycles. The van der Waals surface area contributed by atoms with Crippen molar-refractivity contribution < 1.29 is 33.8 Å². The first kappa shape index (κ1) is 35.9. The van der Waals surface area contributed by atoms with Crippen LogP contribution in [-0.4, -0.2) is 46.7 Å². The maximum absolute atomic E-state index is 13.9. The Labute approximate surface area is 281 Å². The third kappa shape index (κ3) is 5.45. The van der Waals surface area contributed by atoms with E-state index in [1.54, 1.807) is 20.8 Å². The van der Waals surface area contributed by atoms with E-state index >= 15 is 0 Å². The Morgan fingerprint density at radius 1 is 0.872 bits per heavy atom. The number of rotatable bonds is 4. The molecular weight excluding hydrogens is 596 g/mol. The zero-order valence-electron chi connectivity index (χ0n) is 30.7. The largest absolute Gasteiger partial charge is 0.462 e. The Morgan fingerprint density at radius 3 is 2.13 bits per heavy atom. The fourth-order valence-corrected chi connectivity index (χ4v) is 12.1. The lowest BCUT2D eigenvalue weighted by molar-refractivity contribution is -0.234. The van der Waals surface area contributed by atoms with Crippen molar-refractivity contribution in [2.24, 2.45) is 50.7 Å². The lowest BCUT2D eigenvalue weighted by atomic mass is 9.33. The number of hydrazine groups is 1. The third-order valence-electron chi connectivity index (χ3n) is 14.2. The highest BCUT2D eigenvalue weighted by molar-refractivity contribution is 6.02. The lowest BCUT2D eigenvalue weighted by Gasteiger charge is -2.72. The number of aliphatic hydroxyl groups excluding tert-OH is 1. The van der Waals surface area contributed by atoms with Crippen molar-refractivity contribution in [2.45, 2.75) is 152 Å². The molecule has 0 saturated heterocycles. The number of hydrogen-bond donors (Lipinski definition) is 3. The molecule has 2 amide bonds. The summed E-state index contributed by atoms with van der Waals surface area (Å²) in [5.41, 5.74) is 4.52. The minimum atomic E-state index is -1.49. The predicted octanol–water partition coefficient (Wildman–Crippen LogP) is 6.82. The van der Waals surface area contributed by atoms with Gasteiger partial charge in [-0.3, -0.25) is 19.8 Å². The summed E-state index contributed by atoms with van der Waals surface area (Å²) in [6.45, 7) is 22.8. The highest BCUT2D eigenvalue weighted by atomic mass is 16.6. The normalized spacial score (nSPS) is 40.0. The van der Waals surface area contributed by atoms with Gasteiger partial charge in [-0.2, -0.15) is 0 Å². The lowest BCUT2D eigenvalue weighted by Crippen LogP contribution is -2.66. The number of nitrogens with one attached hydrogen (secondary N) is 2. The molecule has 1 unspecified atom stereocenters. The Balaban J connectivity index is 1.48. The summed E-state index contributed by atoms with van der Waals surface area (Å²) in [4.78, 5) is 51.7. The van der Waals surface area contributed by atoms with Gasteiger partial charge in [-0.25, -0.2) is 10.2 Å². The van der Waals surface area contributed by atoms with E-state index in [1.807, 2.05) is 13.8 Å². The monoisotopic (exact) mass is 656 g/mol. The van der Waals surface area contributed by atoms with Crippen molar-refractivity contribution in [1.82, 2.24) is 10.9 Å². The van der Waals surface area contributed by atoms with Gasteiger partial charge in [-0.15, -0.1) is 0 Å². The number of ketones is 1. The number of allylic oxidation sites excluding steroid dienone is 1. The van der Waals surface area contributed by atoms with E-state index in [2.05, 4.69) is 45.5 Å². The van der Waals surface area contributed by atoms with Gasteiger partial charge in [0.05, 0.1) is 0 Å². The van der Waals surface area contributed by atoms with E-state index in [0.29, 0.717) is 18.3 Å². The maximum Gasteiger partial charge on any atom is 0.426 e. The van der Waals surface area contributed by atoms with Gasteiger partial charge in [0, 0.05) is 24.2 Å². The Bertz CT molecular complexity index is 1360. The van der Waals surface area contributed by atoms with Crippen LogP contribution in [0.3, 0.4) is 0 Å². The molecule has 3 N–H and O–H groups in total. The minimum absolute atomic E-state index is 0.0100. The third-order valence-corrected chi connectivity index (χ3v) is 14.2. The van der Waals surface area contributed by atoms with Crippen LogP contribution < -0.4 is 10.9 Å². The number of hydrogen-bond acceptors (Lipinski definition) is 7. The zero-order valence-corrected chi connectivity index (χ0v) is 30.7. The van der Waals surface area contributed by atoms with Crippen LogP contribution in [0.1, 0.15) is 134 Å². The molecule has 0 radical (unpaired) electrons. The van der Waals surface area contributed by atoms with Crippen LogP contribution in [0, 0.1) is 50.7 Å². The summed E-state index contributed by atoms with van der Waals surface area (Å²) in [7, 11) is 0. The Morgan fingerprint density at radius 2 is 1.53 bits per heavy atom. The molecule has 0 aliphatic heterocycles. The molecule has 0 aromatic rings. The van der Waals surface area contributed by atoms with Crippen LogP contribution in [0.15, 0.2) is 11.1 Å². The van der Waals surface area contributed by atoms with E-state index in [-0.39, 0.29) is 57.8 Å². The molecule has 5 aliphatic carbocycles. The fraction of sp³-hybridized carbons (Fsp3) is 0.842. The molecule has 9 heteroatoms. The summed E-state index contributed by atoms with van der Waals surface area (Å²) >= 11 is 0. The highest BCUT2D eigenvalue weighted by Gasteiger charge is 2.71. The van der Waals surface area contributed by atoms with E-state index in [4.69, 9.17) is 9.47 Å². The van der Waals surface area contributed by atoms with E-state index in [1.165, 1.54) is 6.92 Å². The molecular formula is C38H60N2O7. The number of ether oxygens (including phenoxy) is 2. The summed E-state index contributed by atoms with van der Waals surface area (Å²) in [6, 6.07) is 0. The van der Waals surface area contributed by atoms with Gasteiger partial charge >= 0.3 is 12.1 Å². The first-order valence-electron chi connectivity index (χ1n) is 18.0. The van der Waals surface area contributed by atoms with Crippen molar-refractivity contribution in [2.75, 3.05) is 0 Å². The average molecular weight is 657 g/mol. The van der Waals surface area contributed by atoms with Gasteiger partial charge in [0.15, 0.2) is 5.78 Å². The number of carbonyl (C=O) groups is 4. The van der Waals surface area contributed by atoms with Crippen molar-refractivity contribution in [1.29, 1.82) is 0 Å². The maximum atomic E-state index is 13.9. The Hall–Kier alpha value is -2.42. The van der Waals surface area contributed by atoms with Crippen LogP contribution in [-0.2, 0) is 23.9 Å². The molecule has 0 heterocycles. The SMILES string of the molecule is CC(=O)O[C@H]1CC[C@]2(C)[C@H]3CC[C@@H]4C5=C(C(C)C)C(=O)C[C@]5(C(O)C(=O)NNC(=O)OC(C)(C)C)CC[C@@]4(C)[C@]3(C)CC[C@H]2C1(C)C. The molecule has 5 rings (SSSR count). The molecule has 0 spiro atoms. The first-order chi connectivity index (χ1) is 21.5. The topological polar surface area (TPSA) is 131 Å². The molecule has 9 atom stereocenters. The predicted molar refractivity (Wildman–Crippen MR) is 179 cm³/mol. The summed E-state index contributed by atoms with van der Waals surface area (Å²) in [6.07, 6.45) is 4.96. The van der Waals surface area contributed by atoms with Gasteiger partial charge in [-0.05, 0) is 123 Å². The molecule has 5 aliphatic rings. The highest BCUT2D eigenvalue weighted by Crippen LogP contribution is 2.77. The minimum Gasteiger partial charge on any atom is -0.462 e.